The van der Waals surface area contributed by atoms with Gasteiger partial charge in [0.1, 0.15) is 5.82 Å². The molecule has 0 atom stereocenters. The van der Waals surface area contributed by atoms with Gasteiger partial charge in [-0.25, -0.2) is 4.39 Å². The number of anilines is 1. The van der Waals surface area contributed by atoms with Gasteiger partial charge < -0.3 is 10.2 Å². The van der Waals surface area contributed by atoms with E-state index in [4.69, 9.17) is 0 Å². The van der Waals surface area contributed by atoms with Gasteiger partial charge in [0.05, 0.1) is 6.54 Å². The van der Waals surface area contributed by atoms with Crippen molar-refractivity contribution in [3.63, 3.8) is 0 Å². The van der Waals surface area contributed by atoms with Gasteiger partial charge in [-0.15, -0.1) is 0 Å². The van der Waals surface area contributed by atoms with Crippen LogP contribution in [-0.4, -0.2) is 24.9 Å². The van der Waals surface area contributed by atoms with Gasteiger partial charge in [-0.1, -0.05) is 0 Å². The second kappa shape index (κ2) is 4.53. The van der Waals surface area contributed by atoms with E-state index >= 15 is 0 Å². The van der Waals surface area contributed by atoms with Crippen LogP contribution in [0, 0.1) is 12.7 Å². The van der Waals surface area contributed by atoms with Gasteiger partial charge in [0, 0.05) is 18.7 Å². The Morgan fingerprint density at radius 2 is 2.12 bits per heavy atom. The minimum Gasteiger partial charge on any atom is -0.347 e. The summed E-state index contributed by atoms with van der Waals surface area (Å²) in [6, 6.07) is 4.26. The number of halogens is 1. The summed E-state index contributed by atoms with van der Waals surface area (Å²) in [5, 5.41) is 2.52. The molecule has 5 heteroatoms. The van der Waals surface area contributed by atoms with Crippen LogP contribution < -0.4 is 10.2 Å². The predicted molar refractivity (Wildman–Crippen MR) is 61.1 cm³/mol. The lowest BCUT2D eigenvalue weighted by Crippen LogP contribution is -2.35. The molecular formula is C12H13FN2O2. The van der Waals surface area contributed by atoms with Crippen molar-refractivity contribution in [2.75, 3.05) is 18.0 Å². The number of rotatable bonds is 1. The number of benzene rings is 1. The molecule has 1 heterocycles. The fraction of sp³-hybridized carbons (Fsp3) is 0.333. The molecule has 1 aromatic rings. The van der Waals surface area contributed by atoms with E-state index in [1.54, 1.807) is 13.0 Å². The van der Waals surface area contributed by atoms with Gasteiger partial charge in [-0.05, 0) is 30.7 Å². The molecule has 0 radical (unpaired) electrons. The van der Waals surface area contributed by atoms with Gasteiger partial charge in [0.15, 0.2) is 0 Å². The molecule has 1 aliphatic heterocycles. The quantitative estimate of drug-likeness (QED) is 0.790. The Morgan fingerprint density at radius 1 is 1.35 bits per heavy atom. The Kier molecular flexibility index (Phi) is 3.08. The molecule has 1 aliphatic rings. The molecule has 0 unspecified atom stereocenters. The SMILES string of the molecule is Cc1cc(F)ccc1N1CCC(=O)NCC1=O. The van der Waals surface area contributed by atoms with E-state index in [0.717, 1.165) is 0 Å². The summed E-state index contributed by atoms with van der Waals surface area (Å²) in [4.78, 5) is 24.5. The zero-order chi connectivity index (χ0) is 12.4. The molecule has 1 saturated heterocycles. The molecule has 1 N–H and O–H groups in total. The van der Waals surface area contributed by atoms with E-state index in [0.29, 0.717) is 17.8 Å². The number of hydrogen-bond acceptors (Lipinski definition) is 2. The number of amides is 2. The third-order valence-corrected chi connectivity index (χ3v) is 2.75. The lowest BCUT2D eigenvalue weighted by atomic mass is 10.1. The molecule has 90 valence electrons. The molecule has 0 aliphatic carbocycles. The first-order valence-corrected chi connectivity index (χ1v) is 5.41. The van der Waals surface area contributed by atoms with E-state index in [9.17, 15) is 14.0 Å². The van der Waals surface area contributed by atoms with Crippen molar-refractivity contribution in [1.29, 1.82) is 0 Å². The summed E-state index contributed by atoms with van der Waals surface area (Å²) >= 11 is 0. The number of nitrogens with one attached hydrogen (secondary N) is 1. The summed E-state index contributed by atoms with van der Waals surface area (Å²) in [5.41, 5.74) is 1.35. The molecular weight excluding hydrogens is 223 g/mol. The van der Waals surface area contributed by atoms with Crippen molar-refractivity contribution in [3.8, 4) is 0 Å². The average Bonchev–Trinajstić information content (AvgIpc) is 2.43. The Bertz CT molecular complexity index is 474. The number of aryl methyl sites for hydroxylation is 1. The standard InChI is InChI=1S/C12H13FN2O2/c1-8-6-9(13)2-3-10(8)15-5-4-11(16)14-7-12(15)17/h2-3,6H,4-5,7H2,1H3,(H,14,16). The van der Waals surface area contributed by atoms with Crippen LogP contribution in [0.3, 0.4) is 0 Å². The Balaban J connectivity index is 2.31. The Hall–Kier alpha value is -1.91. The summed E-state index contributed by atoms with van der Waals surface area (Å²) in [6.07, 6.45) is 0.266. The van der Waals surface area contributed by atoms with Crippen LogP contribution in [0.2, 0.25) is 0 Å². The highest BCUT2D eigenvalue weighted by Gasteiger charge is 2.22. The largest absolute Gasteiger partial charge is 0.347 e. The number of carbonyl (C=O) groups is 2. The van der Waals surface area contributed by atoms with Crippen molar-refractivity contribution >= 4 is 17.5 Å². The first-order chi connectivity index (χ1) is 8.08. The predicted octanol–water partition coefficient (Wildman–Crippen LogP) is 0.987. The van der Waals surface area contributed by atoms with E-state index in [1.165, 1.54) is 17.0 Å². The Labute approximate surface area is 98.4 Å². The van der Waals surface area contributed by atoms with Gasteiger partial charge in [0.2, 0.25) is 11.8 Å². The maximum absolute atomic E-state index is 13.0. The molecule has 2 amide bonds. The summed E-state index contributed by atoms with van der Waals surface area (Å²) < 4.78 is 13.0. The fourth-order valence-corrected chi connectivity index (χ4v) is 1.87. The van der Waals surface area contributed by atoms with E-state index in [1.807, 2.05) is 0 Å². The monoisotopic (exact) mass is 236 g/mol. The molecule has 0 aromatic heterocycles. The normalized spacial score (nSPS) is 16.7. The van der Waals surface area contributed by atoms with Crippen LogP contribution in [0.1, 0.15) is 12.0 Å². The highest BCUT2D eigenvalue weighted by molar-refractivity contribution is 5.99. The maximum Gasteiger partial charge on any atom is 0.246 e. The highest BCUT2D eigenvalue weighted by Crippen LogP contribution is 2.21. The van der Waals surface area contributed by atoms with E-state index < -0.39 is 0 Å². The zero-order valence-electron chi connectivity index (χ0n) is 9.50. The second-order valence-corrected chi connectivity index (χ2v) is 4.00. The Morgan fingerprint density at radius 3 is 2.82 bits per heavy atom. The molecule has 1 fully saturated rings. The van der Waals surface area contributed by atoms with Crippen LogP contribution in [0.15, 0.2) is 18.2 Å². The lowest BCUT2D eigenvalue weighted by Gasteiger charge is -2.21. The third kappa shape index (κ3) is 2.43. The smallest absolute Gasteiger partial charge is 0.246 e. The summed E-state index contributed by atoms with van der Waals surface area (Å²) in [7, 11) is 0. The topological polar surface area (TPSA) is 49.4 Å². The molecule has 0 spiro atoms. The molecule has 1 aromatic carbocycles. The van der Waals surface area contributed by atoms with Crippen LogP contribution in [0.5, 0.6) is 0 Å². The van der Waals surface area contributed by atoms with Gasteiger partial charge >= 0.3 is 0 Å². The first kappa shape index (κ1) is 11.6. The lowest BCUT2D eigenvalue weighted by molar-refractivity contribution is -0.123. The number of carbonyl (C=O) groups excluding carboxylic acids is 2. The van der Waals surface area contributed by atoms with Gasteiger partial charge in [0.25, 0.3) is 0 Å². The summed E-state index contributed by atoms with van der Waals surface area (Å²) in [6.45, 7) is 2.07. The second-order valence-electron chi connectivity index (χ2n) is 4.00. The van der Waals surface area contributed by atoms with Gasteiger partial charge in [-0.2, -0.15) is 0 Å². The van der Waals surface area contributed by atoms with Crippen LogP contribution >= 0.6 is 0 Å². The van der Waals surface area contributed by atoms with Gasteiger partial charge in [-0.3, -0.25) is 9.59 Å². The van der Waals surface area contributed by atoms with E-state index in [2.05, 4.69) is 5.32 Å². The molecule has 0 bridgehead atoms. The number of hydrogen-bond donors (Lipinski definition) is 1. The fourth-order valence-electron chi connectivity index (χ4n) is 1.87. The van der Waals surface area contributed by atoms with Crippen molar-refractivity contribution < 1.29 is 14.0 Å². The van der Waals surface area contributed by atoms with Crippen LogP contribution in [0.4, 0.5) is 10.1 Å². The van der Waals surface area contributed by atoms with Crippen LogP contribution in [-0.2, 0) is 9.59 Å². The average molecular weight is 236 g/mol. The molecule has 0 saturated carbocycles. The van der Waals surface area contributed by atoms with Crippen molar-refractivity contribution in [3.05, 3.63) is 29.6 Å². The first-order valence-electron chi connectivity index (χ1n) is 5.41. The van der Waals surface area contributed by atoms with E-state index in [-0.39, 0.29) is 30.6 Å². The highest BCUT2D eigenvalue weighted by atomic mass is 19.1. The van der Waals surface area contributed by atoms with Crippen molar-refractivity contribution in [2.45, 2.75) is 13.3 Å². The van der Waals surface area contributed by atoms with Crippen LogP contribution in [0.25, 0.3) is 0 Å². The molecule has 17 heavy (non-hydrogen) atoms. The minimum absolute atomic E-state index is 0.00432. The maximum atomic E-state index is 13.0. The molecule has 4 nitrogen and oxygen atoms in total. The zero-order valence-corrected chi connectivity index (χ0v) is 9.50. The minimum atomic E-state index is -0.331. The third-order valence-electron chi connectivity index (χ3n) is 2.75. The van der Waals surface area contributed by atoms with Crippen molar-refractivity contribution in [1.82, 2.24) is 5.32 Å². The molecule has 2 rings (SSSR count). The number of nitrogens with zero attached hydrogens (tertiary/aromatic N) is 1. The van der Waals surface area contributed by atoms with Crippen molar-refractivity contribution in [2.24, 2.45) is 0 Å². The summed E-state index contributed by atoms with van der Waals surface area (Å²) in [5.74, 6) is -0.645.